The van der Waals surface area contributed by atoms with Gasteiger partial charge in [-0.25, -0.2) is 4.79 Å². The third-order valence-corrected chi connectivity index (χ3v) is 7.49. The van der Waals surface area contributed by atoms with Gasteiger partial charge < -0.3 is 9.14 Å². The summed E-state index contributed by atoms with van der Waals surface area (Å²) in [5.41, 5.74) is 2.24. The van der Waals surface area contributed by atoms with Crippen molar-refractivity contribution in [1.82, 2.24) is 4.40 Å². The van der Waals surface area contributed by atoms with Gasteiger partial charge in [-0.1, -0.05) is 17.7 Å². The molecule has 3 aromatic heterocycles. The van der Waals surface area contributed by atoms with Gasteiger partial charge in [-0.05, 0) is 50.2 Å². The van der Waals surface area contributed by atoms with Crippen LogP contribution in [0.2, 0.25) is 5.02 Å². The lowest BCUT2D eigenvalue weighted by Crippen LogP contribution is -2.06. The quantitative estimate of drug-likeness (QED) is 0.191. The van der Waals surface area contributed by atoms with Crippen LogP contribution in [0.3, 0.4) is 0 Å². The zero-order chi connectivity index (χ0) is 22.1. The third kappa shape index (κ3) is 4.01. The van der Waals surface area contributed by atoms with Crippen LogP contribution in [-0.2, 0) is 9.53 Å². The molecule has 5 nitrogen and oxygen atoms in total. The highest BCUT2D eigenvalue weighted by Crippen LogP contribution is 2.43. The zero-order valence-electron chi connectivity index (χ0n) is 16.8. The predicted octanol–water partition coefficient (Wildman–Crippen LogP) is 5.90. The number of carbonyl (C=O) groups excluding carboxylic acids is 3. The van der Waals surface area contributed by atoms with Crippen LogP contribution in [0, 0.1) is 0 Å². The number of halogens is 1. The van der Waals surface area contributed by atoms with Crippen molar-refractivity contribution < 1.29 is 19.1 Å². The maximum atomic E-state index is 13.5. The normalized spacial score (nSPS) is 11.2. The maximum absolute atomic E-state index is 13.5. The van der Waals surface area contributed by atoms with E-state index in [-0.39, 0.29) is 23.9 Å². The molecular weight excluding hydrogens is 454 g/mol. The lowest BCUT2D eigenvalue weighted by molar-refractivity contribution is -0.114. The van der Waals surface area contributed by atoms with Gasteiger partial charge >= 0.3 is 5.97 Å². The molecule has 0 spiro atoms. The average molecular weight is 472 g/mol. The van der Waals surface area contributed by atoms with Gasteiger partial charge in [0.2, 0.25) is 5.78 Å². The number of aromatic nitrogens is 1. The number of carbonyl (C=O) groups is 3. The molecule has 158 valence electrons. The van der Waals surface area contributed by atoms with Gasteiger partial charge in [0.05, 0.1) is 38.0 Å². The Labute approximate surface area is 192 Å². The van der Waals surface area contributed by atoms with E-state index < -0.39 is 5.97 Å². The summed E-state index contributed by atoms with van der Waals surface area (Å²) in [7, 11) is 0. The zero-order valence-corrected chi connectivity index (χ0v) is 19.2. The fourth-order valence-corrected chi connectivity index (χ4v) is 5.84. The SMILES string of the molecule is CCOC(=O)c1c2c(C(=O)c3ccc(Cl)cc3)sc(SCC(C)=O)c2n2ccccc12. The van der Waals surface area contributed by atoms with Gasteiger partial charge in [-0.3, -0.25) is 9.59 Å². The molecule has 0 N–H and O–H groups in total. The third-order valence-electron chi connectivity index (χ3n) is 4.66. The smallest absolute Gasteiger partial charge is 0.341 e. The molecule has 4 aromatic rings. The van der Waals surface area contributed by atoms with Gasteiger partial charge in [0.25, 0.3) is 0 Å². The second-order valence-corrected chi connectivity index (χ2v) is 9.52. The van der Waals surface area contributed by atoms with Crippen molar-refractivity contribution in [1.29, 1.82) is 0 Å². The van der Waals surface area contributed by atoms with Crippen LogP contribution in [0.4, 0.5) is 0 Å². The van der Waals surface area contributed by atoms with E-state index in [0.29, 0.717) is 31.9 Å². The van der Waals surface area contributed by atoms with Gasteiger partial charge in [-0.2, -0.15) is 0 Å². The molecule has 0 saturated heterocycles. The van der Waals surface area contributed by atoms with E-state index in [1.807, 2.05) is 28.8 Å². The van der Waals surface area contributed by atoms with Crippen molar-refractivity contribution in [3.8, 4) is 0 Å². The van der Waals surface area contributed by atoms with E-state index in [4.69, 9.17) is 16.3 Å². The lowest BCUT2D eigenvalue weighted by Gasteiger charge is -2.04. The fourth-order valence-electron chi connectivity index (χ4n) is 3.39. The van der Waals surface area contributed by atoms with Crippen molar-refractivity contribution in [2.24, 2.45) is 0 Å². The van der Waals surface area contributed by atoms with E-state index in [1.54, 1.807) is 31.2 Å². The lowest BCUT2D eigenvalue weighted by atomic mass is 10.1. The Bertz CT molecular complexity index is 1320. The molecule has 4 rings (SSSR count). The number of fused-ring (bicyclic) bond motifs is 3. The Morgan fingerprint density at radius 2 is 1.87 bits per heavy atom. The minimum atomic E-state index is -0.479. The first-order valence-electron chi connectivity index (χ1n) is 9.57. The van der Waals surface area contributed by atoms with Crippen LogP contribution in [0.1, 0.15) is 39.4 Å². The molecule has 0 saturated carbocycles. The van der Waals surface area contributed by atoms with Crippen LogP contribution in [0.15, 0.2) is 52.9 Å². The maximum Gasteiger partial charge on any atom is 0.341 e. The number of ether oxygens (including phenoxy) is 1. The number of esters is 1. The van der Waals surface area contributed by atoms with E-state index in [0.717, 1.165) is 9.73 Å². The molecular formula is C23H18ClNO4S2. The monoisotopic (exact) mass is 471 g/mol. The molecule has 0 aliphatic heterocycles. The second kappa shape index (κ2) is 8.86. The molecule has 31 heavy (non-hydrogen) atoms. The van der Waals surface area contributed by atoms with Crippen molar-refractivity contribution in [3.05, 3.63) is 69.7 Å². The number of rotatable bonds is 7. The number of pyridine rings is 1. The predicted molar refractivity (Wildman–Crippen MR) is 125 cm³/mol. The summed E-state index contributed by atoms with van der Waals surface area (Å²) in [5.74, 6) is -0.377. The molecule has 0 radical (unpaired) electrons. The molecule has 8 heteroatoms. The van der Waals surface area contributed by atoms with Crippen molar-refractivity contribution >= 4 is 68.7 Å². The van der Waals surface area contributed by atoms with E-state index in [2.05, 4.69) is 0 Å². The molecule has 3 heterocycles. The number of hydrogen-bond acceptors (Lipinski definition) is 6. The second-order valence-electron chi connectivity index (χ2n) is 6.82. The number of nitrogens with zero attached hydrogens (tertiary/aromatic N) is 1. The summed E-state index contributed by atoms with van der Waals surface area (Å²) < 4.78 is 8.02. The minimum absolute atomic E-state index is 0.0311. The van der Waals surface area contributed by atoms with Gasteiger partial charge in [0.15, 0.2) is 0 Å². The number of benzene rings is 1. The summed E-state index contributed by atoms with van der Waals surface area (Å²) in [6.45, 7) is 3.49. The molecule has 0 aliphatic rings. The van der Waals surface area contributed by atoms with Crippen LogP contribution >= 0.6 is 34.7 Å². The highest BCUT2D eigenvalue weighted by Gasteiger charge is 2.29. The topological polar surface area (TPSA) is 64.9 Å². The number of thiophene rings is 1. The van der Waals surface area contributed by atoms with Gasteiger partial charge in [0.1, 0.15) is 5.78 Å². The largest absolute Gasteiger partial charge is 0.462 e. The van der Waals surface area contributed by atoms with Crippen molar-refractivity contribution in [2.75, 3.05) is 12.4 Å². The first-order valence-corrected chi connectivity index (χ1v) is 11.8. The van der Waals surface area contributed by atoms with Crippen LogP contribution < -0.4 is 0 Å². The Kier molecular flexibility index (Phi) is 6.18. The Morgan fingerprint density at radius 1 is 1.13 bits per heavy atom. The highest BCUT2D eigenvalue weighted by atomic mass is 35.5. The first kappa shape index (κ1) is 21.6. The number of Topliss-reactive ketones (excluding diaryl/α,β-unsaturated/α-hetero) is 1. The van der Waals surface area contributed by atoms with Crippen LogP contribution in [0.5, 0.6) is 0 Å². The van der Waals surface area contributed by atoms with E-state index in [9.17, 15) is 14.4 Å². The molecule has 0 aliphatic carbocycles. The standard InChI is InChI=1S/C23H18ClNO4S2/c1-3-29-22(28)17-16-6-4-5-11-25(16)19-18(17)21(31-23(19)30-12-13(2)26)20(27)14-7-9-15(24)10-8-14/h4-11H,3,12H2,1-2H3. The molecule has 0 amide bonds. The van der Waals surface area contributed by atoms with Gasteiger partial charge in [-0.15, -0.1) is 23.1 Å². The van der Waals surface area contributed by atoms with Crippen molar-refractivity contribution in [2.45, 2.75) is 18.1 Å². The van der Waals surface area contributed by atoms with E-state index in [1.165, 1.54) is 30.0 Å². The molecule has 0 atom stereocenters. The highest BCUT2D eigenvalue weighted by molar-refractivity contribution is 8.02. The number of thioether (sulfide) groups is 1. The summed E-state index contributed by atoms with van der Waals surface area (Å²) >= 11 is 8.64. The molecule has 0 bridgehead atoms. The Hall–Kier alpha value is -2.61. The van der Waals surface area contributed by atoms with Gasteiger partial charge in [0, 0.05) is 22.2 Å². The summed E-state index contributed by atoms with van der Waals surface area (Å²) in [6, 6.07) is 12.2. The number of hydrogen-bond donors (Lipinski definition) is 0. The molecule has 1 aromatic carbocycles. The Morgan fingerprint density at radius 3 is 2.55 bits per heavy atom. The molecule has 0 fully saturated rings. The van der Waals surface area contributed by atoms with Crippen molar-refractivity contribution in [3.63, 3.8) is 0 Å². The Balaban J connectivity index is 2.02. The summed E-state index contributed by atoms with van der Waals surface area (Å²) in [6.07, 6.45) is 1.85. The molecule has 0 unspecified atom stereocenters. The summed E-state index contributed by atoms with van der Waals surface area (Å²) in [5, 5.41) is 1.09. The minimum Gasteiger partial charge on any atom is -0.462 e. The summed E-state index contributed by atoms with van der Waals surface area (Å²) in [4.78, 5) is 38.5. The number of ketones is 2. The van der Waals surface area contributed by atoms with E-state index >= 15 is 0 Å². The average Bonchev–Trinajstić information content (AvgIpc) is 3.28. The fraction of sp³-hybridized carbons (Fsp3) is 0.174. The van der Waals surface area contributed by atoms with Crippen LogP contribution in [-0.4, -0.2) is 34.3 Å². The van der Waals surface area contributed by atoms with Crippen LogP contribution in [0.25, 0.3) is 16.4 Å². The first-order chi connectivity index (χ1) is 14.9.